The number of hydrogen-bond donors (Lipinski definition) is 0. The molecule has 0 atom stereocenters. The zero-order valence-electron chi connectivity index (χ0n) is 27.4. The molecule has 0 aliphatic rings. The maximum absolute atomic E-state index is 5.22. The fraction of sp³-hybridized carbons (Fsp3) is 0. The van der Waals surface area contributed by atoms with Crippen molar-refractivity contribution >= 4 is 53.2 Å². The summed E-state index contributed by atoms with van der Waals surface area (Å²) in [5.74, 6) is 1.94. The van der Waals surface area contributed by atoms with Gasteiger partial charge in [-0.25, -0.2) is 15.0 Å². The van der Waals surface area contributed by atoms with Crippen LogP contribution in [-0.4, -0.2) is 19.9 Å². The number of thiophene rings is 1. The van der Waals surface area contributed by atoms with E-state index in [0.717, 1.165) is 54.4 Å². The summed E-state index contributed by atoms with van der Waals surface area (Å²) >= 11 is 1.78. The normalized spacial score (nSPS) is 11.5. The first-order valence-corrected chi connectivity index (χ1v) is 17.8. The summed E-state index contributed by atoms with van der Waals surface area (Å²) in [6, 6.07) is 57.3. The molecular weight excluding hydrogens is 641 g/mol. The molecule has 3 aromatic heterocycles. The van der Waals surface area contributed by atoms with E-state index in [1.165, 1.54) is 26.4 Å². The number of hydrogen-bond acceptors (Lipinski definition) is 5. The van der Waals surface area contributed by atoms with Crippen molar-refractivity contribution in [3.8, 4) is 56.4 Å². The smallest absolute Gasteiger partial charge is 0.165 e. The lowest BCUT2D eigenvalue weighted by Crippen LogP contribution is -2.00. The van der Waals surface area contributed by atoms with Crippen molar-refractivity contribution in [2.75, 3.05) is 0 Å². The molecule has 0 aliphatic carbocycles. The Labute approximate surface area is 298 Å². The molecule has 7 aromatic carbocycles. The lowest BCUT2D eigenvalue weighted by molar-refractivity contribution is 1.08. The van der Waals surface area contributed by atoms with E-state index in [-0.39, 0.29) is 0 Å². The van der Waals surface area contributed by atoms with Crippen molar-refractivity contribution in [2.45, 2.75) is 0 Å². The molecule has 0 N–H and O–H groups in total. The molecule has 0 radical (unpaired) electrons. The zero-order chi connectivity index (χ0) is 33.7. The van der Waals surface area contributed by atoms with Gasteiger partial charge in [0.1, 0.15) is 0 Å². The molecule has 0 bridgehead atoms. The Morgan fingerprint density at radius 2 is 0.961 bits per heavy atom. The van der Waals surface area contributed by atoms with Gasteiger partial charge in [0.25, 0.3) is 0 Å². The van der Waals surface area contributed by atoms with Crippen molar-refractivity contribution in [1.82, 2.24) is 19.9 Å². The third kappa shape index (κ3) is 5.23. The first-order chi connectivity index (χ1) is 25.2. The predicted octanol–water partition coefficient (Wildman–Crippen LogP) is 12.3. The highest BCUT2D eigenvalue weighted by atomic mass is 32.1. The van der Waals surface area contributed by atoms with Crippen LogP contribution in [0.15, 0.2) is 170 Å². The van der Waals surface area contributed by atoms with Gasteiger partial charge in [-0.2, -0.15) is 0 Å². The standard InChI is InChI=1S/C46H28N4S/c1-3-11-29(12-4-1)30-19-21-32(22-20-30)45-48-44(31-13-5-2-6-14-31)49-46(50-45)40-27-34(26-39-38-16-8-10-18-42(38)51-43(39)40)33-23-24-36-35(25-33)28-47-41-17-9-7-15-37(36)41/h1-28H. The highest BCUT2D eigenvalue weighted by molar-refractivity contribution is 7.26. The monoisotopic (exact) mass is 668 g/mol. The van der Waals surface area contributed by atoms with Gasteiger partial charge in [-0.05, 0) is 58.0 Å². The summed E-state index contributed by atoms with van der Waals surface area (Å²) in [5, 5.41) is 5.87. The largest absolute Gasteiger partial charge is 0.256 e. The molecule has 0 amide bonds. The molecule has 0 spiro atoms. The Balaban J connectivity index is 1.19. The van der Waals surface area contributed by atoms with Crippen LogP contribution in [0, 0.1) is 0 Å². The topological polar surface area (TPSA) is 51.6 Å². The summed E-state index contributed by atoms with van der Waals surface area (Å²) < 4.78 is 2.39. The van der Waals surface area contributed by atoms with Gasteiger partial charge in [0.15, 0.2) is 17.5 Å². The second-order valence-corrected chi connectivity index (χ2v) is 13.7. The van der Waals surface area contributed by atoms with Gasteiger partial charge in [-0.3, -0.25) is 4.98 Å². The maximum atomic E-state index is 5.22. The van der Waals surface area contributed by atoms with Gasteiger partial charge in [-0.1, -0.05) is 133 Å². The van der Waals surface area contributed by atoms with E-state index in [1.54, 1.807) is 11.3 Å². The SMILES string of the molecule is c1ccc(-c2ccc(-c3nc(-c4ccccc4)nc(-c4cc(-c5ccc6c(cnc7ccccc76)c5)cc5c4sc4ccccc45)n3)cc2)cc1. The number of nitrogens with zero attached hydrogens (tertiary/aromatic N) is 4. The van der Waals surface area contributed by atoms with Gasteiger partial charge < -0.3 is 0 Å². The van der Waals surface area contributed by atoms with Gasteiger partial charge in [0.2, 0.25) is 0 Å². The molecule has 0 fully saturated rings. The number of aromatic nitrogens is 4. The van der Waals surface area contributed by atoms with Crippen LogP contribution in [0.5, 0.6) is 0 Å². The fourth-order valence-corrected chi connectivity index (χ4v) is 8.18. The minimum absolute atomic E-state index is 0.641. The van der Waals surface area contributed by atoms with Crippen LogP contribution in [0.3, 0.4) is 0 Å². The summed E-state index contributed by atoms with van der Waals surface area (Å²) in [6.07, 6.45) is 1.98. The maximum Gasteiger partial charge on any atom is 0.165 e. The summed E-state index contributed by atoms with van der Waals surface area (Å²) in [4.78, 5) is 20.2. The van der Waals surface area contributed by atoms with Gasteiger partial charge in [-0.15, -0.1) is 11.3 Å². The fourth-order valence-electron chi connectivity index (χ4n) is 6.99. The van der Waals surface area contributed by atoms with Crippen molar-refractivity contribution in [3.63, 3.8) is 0 Å². The lowest BCUT2D eigenvalue weighted by atomic mass is 9.96. The minimum atomic E-state index is 0.641. The average Bonchev–Trinajstić information content (AvgIpc) is 3.59. The van der Waals surface area contributed by atoms with E-state index >= 15 is 0 Å². The third-order valence-corrected chi connectivity index (χ3v) is 10.8. The summed E-state index contributed by atoms with van der Waals surface area (Å²) in [5.41, 5.74) is 8.42. The second kappa shape index (κ2) is 12.1. The van der Waals surface area contributed by atoms with Crippen molar-refractivity contribution in [2.24, 2.45) is 0 Å². The first-order valence-electron chi connectivity index (χ1n) is 17.0. The van der Waals surface area contributed by atoms with Gasteiger partial charge >= 0.3 is 0 Å². The van der Waals surface area contributed by atoms with Crippen molar-refractivity contribution < 1.29 is 0 Å². The second-order valence-electron chi connectivity index (χ2n) is 12.7. The van der Waals surface area contributed by atoms with E-state index in [0.29, 0.717) is 17.5 Å². The first kappa shape index (κ1) is 29.4. The van der Waals surface area contributed by atoms with Crippen LogP contribution in [0.4, 0.5) is 0 Å². The van der Waals surface area contributed by atoms with E-state index < -0.39 is 0 Å². The molecule has 4 nitrogen and oxygen atoms in total. The molecule has 0 saturated heterocycles. The molecule has 0 saturated carbocycles. The molecule has 10 rings (SSSR count). The zero-order valence-corrected chi connectivity index (χ0v) is 28.2. The Morgan fingerprint density at radius 3 is 1.75 bits per heavy atom. The predicted molar refractivity (Wildman–Crippen MR) is 213 cm³/mol. The highest BCUT2D eigenvalue weighted by Crippen LogP contribution is 2.43. The molecule has 0 aliphatic heterocycles. The van der Waals surface area contributed by atoms with Crippen LogP contribution < -0.4 is 0 Å². The van der Waals surface area contributed by atoms with E-state index in [2.05, 4.69) is 133 Å². The molecular formula is C46H28N4S. The summed E-state index contributed by atoms with van der Waals surface area (Å²) in [6.45, 7) is 0. The quantitative estimate of drug-likeness (QED) is 0.171. The van der Waals surface area contributed by atoms with Crippen LogP contribution in [0.1, 0.15) is 0 Å². The highest BCUT2D eigenvalue weighted by Gasteiger charge is 2.19. The number of rotatable bonds is 5. The Hall–Kier alpha value is -6.56. The number of fused-ring (bicyclic) bond motifs is 6. The Morgan fingerprint density at radius 1 is 0.373 bits per heavy atom. The number of para-hydroxylation sites is 1. The molecule has 5 heteroatoms. The van der Waals surface area contributed by atoms with Gasteiger partial charge in [0.05, 0.1) is 5.52 Å². The van der Waals surface area contributed by atoms with Crippen LogP contribution in [-0.2, 0) is 0 Å². The van der Waals surface area contributed by atoms with E-state index in [4.69, 9.17) is 19.9 Å². The molecule has 238 valence electrons. The van der Waals surface area contributed by atoms with Crippen molar-refractivity contribution in [3.05, 3.63) is 170 Å². The summed E-state index contributed by atoms with van der Waals surface area (Å²) in [7, 11) is 0. The average molecular weight is 669 g/mol. The van der Waals surface area contributed by atoms with Crippen LogP contribution >= 0.6 is 11.3 Å². The van der Waals surface area contributed by atoms with Crippen LogP contribution in [0.25, 0.3) is 98.3 Å². The number of pyridine rings is 1. The minimum Gasteiger partial charge on any atom is -0.256 e. The molecule has 0 unspecified atom stereocenters. The molecule has 51 heavy (non-hydrogen) atoms. The Bertz CT molecular complexity index is 2900. The van der Waals surface area contributed by atoms with Crippen LogP contribution in [0.2, 0.25) is 0 Å². The van der Waals surface area contributed by atoms with Crippen molar-refractivity contribution in [1.29, 1.82) is 0 Å². The number of benzene rings is 7. The molecule has 3 heterocycles. The lowest BCUT2D eigenvalue weighted by Gasteiger charge is -2.12. The third-order valence-electron chi connectivity index (χ3n) is 9.56. The van der Waals surface area contributed by atoms with E-state index in [9.17, 15) is 0 Å². The Kier molecular flexibility index (Phi) is 6.96. The van der Waals surface area contributed by atoms with Gasteiger partial charge in [0, 0.05) is 53.8 Å². The van der Waals surface area contributed by atoms with E-state index in [1.807, 2.05) is 36.5 Å². The molecule has 10 aromatic rings.